The lowest BCUT2D eigenvalue weighted by Gasteiger charge is -2.76. The molecule has 0 amide bonds. The number of ether oxygens (including phenoxy) is 2. The van der Waals surface area contributed by atoms with Crippen molar-refractivity contribution >= 4 is 0 Å². The summed E-state index contributed by atoms with van der Waals surface area (Å²) >= 11 is 0. The van der Waals surface area contributed by atoms with Gasteiger partial charge in [0, 0.05) is 14.2 Å². The highest BCUT2D eigenvalue weighted by atomic mass is 16.5. The third-order valence-electron chi connectivity index (χ3n) is 15.0. The Morgan fingerprint density at radius 3 is 2.09 bits per heavy atom. The summed E-state index contributed by atoms with van der Waals surface area (Å²) in [4.78, 5) is 0. The molecule has 0 saturated heterocycles. The summed E-state index contributed by atoms with van der Waals surface area (Å²) < 4.78 is 12.1. The van der Waals surface area contributed by atoms with Gasteiger partial charge in [-0.05, 0) is 127 Å². The van der Waals surface area contributed by atoms with E-state index in [0.29, 0.717) is 39.1 Å². The van der Waals surface area contributed by atoms with Crippen LogP contribution < -0.4 is 0 Å². The smallest absolute Gasteiger partial charge is 0.0627 e. The minimum absolute atomic E-state index is 0.213. The molecule has 0 aromatic carbocycles. The molecule has 2 heteroatoms. The Balaban J connectivity index is 1.56. The second kappa shape index (κ2) is 8.08. The third-order valence-corrected chi connectivity index (χ3v) is 15.0. The second-order valence-electron chi connectivity index (χ2n) is 15.6. The van der Waals surface area contributed by atoms with Crippen LogP contribution >= 0.6 is 0 Å². The van der Waals surface area contributed by atoms with E-state index in [1.165, 1.54) is 69.8 Å². The monoisotopic (exact) mass is 484 g/mol. The standard InChI is InChI=1S/C33H56O2/c1-22(2)23-13-16-33(21-34-9)20-18-29(5)24(27(23)33)11-12-25-30(29,6)17-19-32(8)28(3,4)26(35-10)14-15-31(25,32)7/h23-27H,1,11-21H2,2-10H3/t23-,24+,25-,26-,27+,29+,30+,31+,32-,33+/m0/s1. The number of methoxy groups -OCH3 is 2. The van der Waals surface area contributed by atoms with Crippen LogP contribution in [0.1, 0.15) is 113 Å². The van der Waals surface area contributed by atoms with E-state index in [1.54, 1.807) is 0 Å². The van der Waals surface area contributed by atoms with Crippen LogP contribution in [0.3, 0.4) is 0 Å². The fourth-order valence-electron chi connectivity index (χ4n) is 12.4. The number of rotatable bonds is 4. The van der Waals surface area contributed by atoms with E-state index in [0.717, 1.165) is 24.4 Å². The van der Waals surface area contributed by atoms with Crippen molar-refractivity contribution in [2.75, 3.05) is 20.8 Å². The molecule has 0 heterocycles. The molecule has 0 aromatic rings. The second-order valence-corrected chi connectivity index (χ2v) is 15.6. The zero-order valence-corrected chi connectivity index (χ0v) is 24.7. The van der Waals surface area contributed by atoms with Crippen LogP contribution in [0.2, 0.25) is 0 Å². The molecule has 0 unspecified atom stereocenters. The van der Waals surface area contributed by atoms with Gasteiger partial charge in [-0.3, -0.25) is 0 Å². The van der Waals surface area contributed by atoms with E-state index >= 15 is 0 Å². The van der Waals surface area contributed by atoms with Crippen LogP contribution in [0.4, 0.5) is 0 Å². The maximum absolute atomic E-state index is 6.13. The Hall–Kier alpha value is -0.340. The number of fused-ring (bicyclic) bond motifs is 7. The van der Waals surface area contributed by atoms with Gasteiger partial charge in [-0.15, -0.1) is 0 Å². The van der Waals surface area contributed by atoms with Crippen molar-refractivity contribution in [2.45, 2.75) is 119 Å². The molecule has 10 atom stereocenters. The van der Waals surface area contributed by atoms with E-state index < -0.39 is 0 Å². The summed E-state index contributed by atoms with van der Waals surface area (Å²) in [6.07, 6.45) is 13.9. The third kappa shape index (κ3) is 3.02. The molecule has 0 radical (unpaired) electrons. The molecule has 35 heavy (non-hydrogen) atoms. The van der Waals surface area contributed by atoms with Crippen molar-refractivity contribution in [3.8, 4) is 0 Å². The molecule has 5 rings (SSSR count). The van der Waals surface area contributed by atoms with Crippen LogP contribution in [0, 0.1) is 56.2 Å². The zero-order valence-electron chi connectivity index (χ0n) is 24.7. The number of allylic oxidation sites excluding steroid dienone is 1. The van der Waals surface area contributed by atoms with E-state index in [2.05, 4.69) is 55.0 Å². The molecule has 0 bridgehead atoms. The van der Waals surface area contributed by atoms with E-state index in [4.69, 9.17) is 9.47 Å². The van der Waals surface area contributed by atoms with Crippen LogP contribution in [0.5, 0.6) is 0 Å². The summed E-state index contributed by atoms with van der Waals surface area (Å²) in [5.74, 6) is 3.08. The molecule has 5 aliphatic rings. The van der Waals surface area contributed by atoms with Gasteiger partial charge in [0.15, 0.2) is 0 Å². The lowest BCUT2D eigenvalue weighted by molar-refractivity contribution is -0.283. The van der Waals surface area contributed by atoms with Crippen molar-refractivity contribution < 1.29 is 9.47 Å². The van der Waals surface area contributed by atoms with E-state index in [1.807, 2.05) is 14.2 Å². The van der Waals surface area contributed by atoms with Crippen LogP contribution in [-0.2, 0) is 9.47 Å². The highest BCUT2D eigenvalue weighted by Crippen LogP contribution is 2.80. The molecule has 5 fully saturated rings. The van der Waals surface area contributed by atoms with Crippen LogP contribution in [0.15, 0.2) is 12.2 Å². The van der Waals surface area contributed by atoms with Gasteiger partial charge < -0.3 is 9.47 Å². The lowest BCUT2D eigenvalue weighted by atomic mass is 9.29. The lowest BCUT2D eigenvalue weighted by Crippen LogP contribution is -2.70. The minimum Gasteiger partial charge on any atom is -0.384 e. The highest BCUT2D eigenvalue weighted by molar-refractivity contribution is 5.23. The zero-order chi connectivity index (χ0) is 25.7. The summed E-state index contributed by atoms with van der Waals surface area (Å²) in [5, 5.41) is 0. The average molecular weight is 485 g/mol. The van der Waals surface area contributed by atoms with E-state index in [9.17, 15) is 0 Å². The molecule has 0 aromatic heterocycles. The summed E-state index contributed by atoms with van der Waals surface area (Å²) in [7, 11) is 3.89. The van der Waals surface area contributed by atoms with Crippen molar-refractivity contribution in [2.24, 2.45) is 56.2 Å². The molecule has 5 saturated carbocycles. The predicted octanol–water partition coefficient (Wildman–Crippen LogP) is 8.70. The summed E-state index contributed by atoms with van der Waals surface area (Å²) in [6, 6.07) is 0. The Labute approximate surface area is 217 Å². The molecule has 0 aliphatic heterocycles. The van der Waals surface area contributed by atoms with Crippen LogP contribution in [-0.4, -0.2) is 26.9 Å². The molecule has 2 nitrogen and oxygen atoms in total. The first kappa shape index (κ1) is 26.3. The molecular weight excluding hydrogens is 428 g/mol. The van der Waals surface area contributed by atoms with Crippen molar-refractivity contribution in [1.82, 2.24) is 0 Å². The molecule has 200 valence electrons. The van der Waals surface area contributed by atoms with Crippen molar-refractivity contribution in [3.05, 3.63) is 12.2 Å². The fourth-order valence-corrected chi connectivity index (χ4v) is 12.4. The first-order valence-electron chi connectivity index (χ1n) is 15.0. The molecular formula is C33H56O2. The predicted molar refractivity (Wildman–Crippen MR) is 146 cm³/mol. The Bertz CT molecular complexity index is 861. The fraction of sp³-hybridized carbons (Fsp3) is 0.939. The topological polar surface area (TPSA) is 18.5 Å². The van der Waals surface area contributed by atoms with Gasteiger partial charge in [-0.2, -0.15) is 0 Å². The Morgan fingerprint density at radius 1 is 0.771 bits per heavy atom. The first-order valence-corrected chi connectivity index (χ1v) is 15.0. The van der Waals surface area contributed by atoms with Gasteiger partial charge in [0.2, 0.25) is 0 Å². The van der Waals surface area contributed by atoms with Gasteiger partial charge in [-0.1, -0.05) is 53.7 Å². The quantitative estimate of drug-likeness (QED) is 0.371. The SMILES string of the molecule is C=C(C)[C@@H]1CC[C@]2(COC)CC[C@]3(C)[C@H](CC[C@@H]4[C@@]5(C)CC[C@H](OC)C(C)(C)[C@]5(C)CC[C@]43C)[C@@H]12. The summed E-state index contributed by atoms with van der Waals surface area (Å²) in [6.45, 7) is 23.8. The van der Waals surface area contributed by atoms with Gasteiger partial charge in [-0.25, -0.2) is 0 Å². The first-order chi connectivity index (χ1) is 16.3. The molecule has 0 N–H and O–H groups in total. The largest absolute Gasteiger partial charge is 0.384 e. The maximum Gasteiger partial charge on any atom is 0.0627 e. The van der Waals surface area contributed by atoms with Gasteiger partial charge in [0.1, 0.15) is 0 Å². The van der Waals surface area contributed by atoms with Crippen molar-refractivity contribution in [3.63, 3.8) is 0 Å². The highest BCUT2D eigenvalue weighted by Gasteiger charge is 2.73. The maximum atomic E-state index is 6.13. The van der Waals surface area contributed by atoms with Gasteiger partial charge in [0.25, 0.3) is 0 Å². The van der Waals surface area contributed by atoms with E-state index in [-0.39, 0.29) is 5.41 Å². The average Bonchev–Trinajstić information content (AvgIpc) is 3.17. The van der Waals surface area contributed by atoms with Crippen LogP contribution in [0.25, 0.3) is 0 Å². The minimum atomic E-state index is 0.213. The van der Waals surface area contributed by atoms with Crippen molar-refractivity contribution in [1.29, 1.82) is 0 Å². The molecule has 0 spiro atoms. The Kier molecular flexibility index (Phi) is 6.07. The summed E-state index contributed by atoms with van der Waals surface area (Å²) in [5.41, 5.74) is 3.59. The van der Waals surface area contributed by atoms with Gasteiger partial charge in [0.05, 0.1) is 12.7 Å². The normalized spacial score (nSPS) is 54.8. The molecule has 5 aliphatic carbocycles. The number of hydrogen-bond acceptors (Lipinski definition) is 2. The number of hydrogen-bond donors (Lipinski definition) is 0. The Morgan fingerprint density at radius 2 is 1.46 bits per heavy atom. The van der Waals surface area contributed by atoms with Gasteiger partial charge >= 0.3 is 0 Å².